The van der Waals surface area contributed by atoms with Crippen molar-refractivity contribution in [3.05, 3.63) is 18.2 Å². The maximum absolute atomic E-state index is 12.0. The van der Waals surface area contributed by atoms with Crippen molar-refractivity contribution < 1.29 is 14.3 Å². The van der Waals surface area contributed by atoms with Crippen molar-refractivity contribution in [3.63, 3.8) is 0 Å². The number of aromatic nitrogens is 1. The van der Waals surface area contributed by atoms with Gasteiger partial charge in [-0.25, -0.2) is 4.98 Å². The van der Waals surface area contributed by atoms with Crippen molar-refractivity contribution in [1.29, 1.82) is 0 Å². The third kappa shape index (κ3) is 4.03. The second kappa shape index (κ2) is 7.61. The molecule has 128 valence electrons. The molecule has 1 fully saturated rings. The molecule has 3 rings (SSSR count). The van der Waals surface area contributed by atoms with E-state index in [2.05, 4.69) is 15.6 Å². The first kappa shape index (κ1) is 16.7. The minimum absolute atomic E-state index is 0.0184. The van der Waals surface area contributed by atoms with Crippen LogP contribution in [0.1, 0.15) is 32.6 Å². The average Bonchev–Trinajstić information content (AvgIpc) is 3.21. The van der Waals surface area contributed by atoms with Crippen LogP contribution in [0.15, 0.2) is 18.2 Å². The molecule has 1 aliphatic carbocycles. The Hall–Kier alpha value is -2.15. The average molecular weight is 347 g/mol. The highest BCUT2D eigenvalue weighted by molar-refractivity contribution is 7.22. The lowest BCUT2D eigenvalue weighted by molar-refractivity contribution is -0.127. The van der Waals surface area contributed by atoms with Crippen molar-refractivity contribution in [2.24, 2.45) is 5.92 Å². The van der Waals surface area contributed by atoms with E-state index in [9.17, 15) is 9.59 Å². The van der Waals surface area contributed by atoms with E-state index in [0.717, 1.165) is 41.6 Å². The van der Waals surface area contributed by atoms with Crippen LogP contribution in [-0.4, -0.2) is 29.9 Å². The van der Waals surface area contributed by atoms with Crippen LogP contribution in [0.4, 0.5) is 5.13 Å². The van der Waals surface area contributed by atoms with Crippen LogP contribution in [0.25, 0.3) is 10.2 Å². The van der Waals surface area contributed by atoms with Crippen LogP contribution in [0.2, 0.25) is 0 Å². The Morgan fingerprint density at radius 1 is 1.33 bits per heavy atom. The number of amides is 2. The maximum atomic E-state index is 12.0. The van der Waals surface area contributed by atoms with E-state index in [1.165, 1.54) is 11.3 Å². The number of carbonyl (C=O) groups is 2. The Kier molecular flexibility index (Phi) is 5.30. The van der Waals surface area contributed by atoms with Crippen molar-refractivity contribution in [2.75, 3.05) is 18.5 Å². The molecule has 0 aliphatic heterocycles. The van der Waals surface area contributed by atoms with Gasteiger partial charge in [-0.2, -0.15) is 0 Å². The van der Waals surface area contributed by atoms with Crippen molar-refractivity contribution in [3.8, 4) is 5.75 Å². The Balaban J connectivity index is 1.55. The molecule has 1 saturated carbocycles. The highest BCUT2D eigenvalue weighted by Crippen LogP contribution is 2.29. The Morgan fingerprint density at radius 3 is 2.88 bits per heavy atom. The minimum Gasteiger partial charge on any atom is -0.494 e. The Labute approximate surface area is 144 Å². The number of thiazole rings is 1. The number of hydrogen-bond donors (Lipinski definition) is 2. The van der Waals surface area contributed by atoms with E-state index in [0.29, 0.717) is 11.7 Å². The minimum atomic E-state index is -0.259. The molecule has 1 aliphatic rings. The topological polar surface area (TPSA) is 80.3 Å². The van der Waals surface area contributed by atoms with Gasteiger partial charge in [-0.15, -0.1) is 0 Å². The lowest BCUT2D eigenvalue weighted by Gasteiger charge is -2.09. The van der Waals surface area contributed by atoms with Gasteiger partial charge >= 0.3 is 0 Å². The Bertz CT molecular complexity index is 738. The predicted molar refractivity (Wildman–Crippen MR) is 94.4 cm³/mol. The second-order valence-corrected chi connectivity index (χ2v) is 6.86. The van der Waals surface area contributed by atoms with E-state index in [4.69, 9.17) is 4.74 Å². The highest BCUT2D eigenvalue weighted by atomic mass is 32.1. The number of ether oxygens (including phenoxy) is 1. The van der Waals surface area contributed by atoms with Crippen LogP contribution in [-0.2, 0) is 9.59 Å². The monoisotopic (exact) mass is 347 g/mol. The van der Waals surface area contributed by atoms with Gasteiger partial charge in [0.05, 0.1) is 23.4 Å². The number of anilines is 1. The van der Waals surface area contributed by atoms with Crippen LogP contribution in [0.5, 0.6) is 5.75 Å². The smallest absolute Gasteiger partial charge is 0.245 e. The molecule has 24 heavy (non-hydrogen) atoms. The molecular formula is C17H21N3O3S. The number of hydrogen-bond acceptors (Lipinski definition) is 5. The molecule has 0 unspecified atom stereocenters. The molecule has 0 saturated heterocycles. The molecular weight excluding hydrogens is 326 g/mol. The standard InChI is InChI=1S/C17H21N3O3S/c1-2-23-12-7-8-13-14(9-12)24-17(19-13)20-15(21)10-18-16(22)11-5-3-4-6-11/h7-9,11H,2-6,10H2,1H3,(H,18,22)(H,19,20,21). The van der Waals surface area contributed by atoms with Gasteiger partial charge in [0.25, 0.3) is 0 Å². The number of carbonyl (C=O) groups excluding carboxylic acids is 2. The van der Waals surface area contributed by atoms with Crippen molar-refractivity contribution >= 4 is 38.5 Å². The van der Waals surface area contributed by atoms with Crippen LogP contribution < -0.4 is 15.4 Å². The van der Waals surface area contributed by atoms with Gasteiger partial charge in [-0.05, 0) is 38.0 Å². The van der Waals surface area contributed by atoms with Crippen LogP contribution >= 0.6 is 11.3 Å². The fourth-order valence-electron chi connectivity index (χ4n) is 2.88. The van der Waals surface area contributed by atoms with E-state index in [1.807, 2.05) is 25.1 Å². The molecule has 7 heteroatoms. The van der Waals surface area contributed by atoms with Gasteiger partial charge in [0, 0.05) is 5.92 Å². The van der Waals surface area contributed by atoms with Crippen molar-refractivity contribution in [1.82, 2.24) is 10.3 Å². The van der Waals surface area contributed by atoms with E-state index >= 15 is 0 Å². The molecule has 2 amide bonds. The van der Waals surface area contributed by atoms with Gasteiger partial charge in [-0.1, -0.05) is 24.2 Å². The summed E-state index contributed by atoms with van der Waals surface area (Å²) in [5.41, 5.74) is 0.814. The fourth-order valence-corrected chi connectivity index (χ4v) is 3.79. The SMILES string of the molecule is CCOc1ccc2nc(NC(=O)CNC(=O)C3CCCC3)sc2c1. The lowest BCUT2D eigenvalue weighted by Crippen LogP contribution is -2.36. The fraction of sp³-hybridized carbons (Fsp3) is 0.471. The first-order valence-corrected chi connectivity index (χ1v) is 9.08. The van der Waals surface area contributed by atoms with E-state index in [-0.39, 0.29) is 24.3 Å². The zero-order valence-corrected chi connectivity index (χ0v) is 14.4. The molecule has 0 spiro atoms. The summed E-state index contributed by atoms with van der Waals surface area (Å²) in [5, 5.41) is 5.98. The largest absolute Gasteiger partial charge is 0.494 e. The number of rotatable bonds is 6. The van der Waals surface area contributed by atoms with Gasteiger partial charge in [0.2, 0.25) is 11.8 Å². The summed E-state index contributed by atoms with van der Waals surface area (Å²) in [5.74, 6) is 0.575. The van der Waals surface area contributed by atoms with Gasteiger partial charge in [0.15, 0.2) is 5.13 Å². The van der Waals surface area contributed by atoms with Gasteiger partial charge in [0.1, 0.15) is 5.75 Å². The number of benzene rings is 1. The molecule has 0 bridgehead atoms. The quantitative estimate of drug-likeness (QED) is 0.842. The number of nitrogens with zero attached hydrogens (tertiary/aromatic N) is 1. The third-order valence-corrected chi connectivity index (χ3v) is 5.00. The van der Waals surface area contributed by atoms with Gasteiger partial charge < -0.3 is 15.4 Å². The van der Waals surface area contributed by atoms with Crippen molar-refractivity contribution in [2.45, 2.75) is 32.6 Å². The zero-order chi connectivity index (χ0) is 16.9. The summed E-state index contributed by atoms with van der Waals surface area (Å²) < 4.78 is 6.41. The molecule has 6 nitrogen and oxygen atoms in total. The Morgan fingerprint density at radius 2 is 2.12 bits per heavy atom. The summed E-state index contributed by atoms with van der Waals surface area (Å²) in [7, 11) is 0. The maximum Gasteiger partial charge on any atom is 0.245 e. The predicted octanol–water partition coefficient (Wildman–Crippen LogP) is 2.94. The lowest BCUT2D eigenvalue weighted by atomic mass is 10.1. The molecule has 2 aromatic rings. The third-order valence-electron chi connectivity index (χ3n) is 4.07. The number of nitrogens with one attached hydrogen (secondary N) is 2. The summed E-state index contributed by atoms with van der Waals surface area (Å²) in [6.45, 7) is 2.52. The summed E-state index contributed by atoms with van der Waals surface area (Å²) >= 11 is 1.39. The molecule has 1 heterocycles. The summed E-state index contributed by atoms with van der Waals surface area (Å²) in [6.07, 6.45) is 4.04. The van der Waals surface area contributed by atoms with Crippen LogP contribution in [0.3, 0.4) is 0 Å². The second-order valence-electron chi connectivity index (χ2n) is 5.83. The molecule has 1 aromatic carbocycles. The summed E-state index contributed by atoms with van der Waals surface area (Å²) in [6, 6.07) is 5.64. The van der Waals surface area contributed by atoms with Gasteiger partial charge in [-0.3, -0.25) is 9.59 Å². The summed E-state index contributed by atoms with van der Waals surface area (Å²) in [4.78, 5) is 28.3. The molecule has 2 N–H and O–H groups in total. The first-order valence-electron chi connectivity index (χ1n) is 8.26. The zero-order valence-electron chi connectivity index (χ0n) is 13.6. The molecule has 1 aromatic heterocycles. The first-order chi connectivity index (χ1) is 11.7. The highest BCUT2D eigenvalue weighted by Gasteiger charge is 2.22. The normalized spacial score (nSPS) is 14.7. The van der Waals surface area contributed by atoms with E-state index in [1.54, 1.807) is 0 Å². The molecule has 0 radical (unpaired) electrons. The van der Waals surface area contributed by atoms with E-state index < -0.39 is 0 Å². The molecule has 0 atom stereocenters. The van der Waals surface area contributed by atoms with Crippen LogP contribution in [0, 0.1) is 5.92 Å². The number of fused-ring (bicyclic) bond motifs is 1.